The zero-order valence-corrected chi connectivity index (χ0v) is 15.7. The standard InChI is InChI=1S/C18H21N3O2S2/c1-3-9-19-18(24)21-20-12-14-7-8-16(17(11-14)22-4-2)23-13-15-6-5-10-25-15/h3,5-8,10-12H,1,4,9,13H2,2H3,(H2,19,21,24)/b20-12-. The lowest BCUT2D eigenvalue weighted by atomic mass is 10.2. The maximum atomic E-state index is 5.86. The van der Waals surface area contributed by atoms with Gasteiger partial charge in [0, 0.05) is 11.4 Å². The van der Waals surface area contributed by atoms with E-state index in [1.165, 1.54) is 0 Å². The van der Waals surface area contributed by atoms with Crippen LogP contribution >= 0.6 is 23.6 Å². The zero-order valence-electron chi connectivity index (χ0n) is 14.0. The number of nitrogens with one attached hydrogen (secondary N) is 2. The number of hydrogen-bond acceptors (Lipinski definition) is 5. The summed E-state index contributed by atoms with van der Waals surface area (Å²) < 4.78 is 11.5. The van der Waals surface area contributed by atoms with Crippen LogP contribution in [0, 0.1) is 0 Å². The van der Waals surface area contributed by atoms with E-state index >= 15 is 0 Å². The lowest BCUT2D eigenvalue weighted by Gasteiger charge is -2.12. The molecule has 0 atom stereocenters. The lowest BCUT2D eigenvalue weighted by molar-refractivity contribution is 0.271. The second kappa shape index (κ2) is 10.5. The number of benzene rings is 1. The average molecular weight is 376 g/mol. The van der Waals surface area contributed by atoms with Gasteiger partial charge in [0.2, 0.25) is 0 Å². The van der Waals surface area contributed by atoms with Crippen molar-refractivity contribution in [1.82, 2.24) is 10.7 Å². The Morgan fingerprint density at radius 3 is 2.92 bits per heavy atom. The van der Waals surface area contributed by atoms with Crippen LogP contribution in [-0.4, -0.2) is 24.5 Å². The Kier molecular flexibility index (Phi) is 7.94. The van der Waals surface area contributed by atoms with Crippen molar-refractivity contribution in [1.29, 1.82) is 0 Å². The first-order valence-corrected chi connectivity index (χ1v) is 9.11. The molecule has 0 radical (unpaired) electrons. The summed E-state index contributed by atoms with van der Waals surface area (Å²) in [5, 5.41) is 9.51. The number of thiophene rings is 1. The number of rotatable bonds is 9. The highest BCUT2D eigenvalue weighted by Crippen LogP contribution is 2.29. The number of thiocarbonyl (C=S) groups is 1. The van der Waals surface area contributed by atoms with Crippen molar-refractivity contribution in [3.8, 4) is 11.5 Å². The molecule has 5 nitrogen and oxygen atoms in total. The minimum atomic E-state index is 0.442. The van der Waals surface area contributed by atoms with Gasteiger partial charge in [-0.2, -0.15) is 5.10 Å². The van der Waals surface area contributed by atoms with Crippen LogP contribution in [0.5, 0.6) is 11.5 Å². The molecule has 25 heavy (non-hydrogen) atoms. The molecule has 0 fully saturated rings. The van der Waals surface area contributed by atoms with Crippen molar-refractivity contribution < 1.29 is 9.47 Å². The van der Waals surface area contributed by atoms with E-state index in [9.17, 15) is 0 Å². The van der Waals surface area contributed by atoms with Crippen LogP contribution in [0.15, 0.2) is 53.5 Å². The van der Waals surface area contributed by atoms with Crippen LogP contribution < -0.4 is 20.2 Å². The predicted molar refractivity (Wildman–Crippen MR) is 108 cm³/mol. The molecule has 0 spiro atoms. The van der Waals surface area contributed by atoms with Crippen molar-refractivity contribution in [2.75, 3.05) is 13.2 Å². The Labute approximate surface area is 157 Å². The SMILES string of the molecule is C=CCNC(=S)N/N=C\c1ccc(OCc2cccs2)c(OCC)c1. The van der Waals surface area contributed by atoms with Crippen molar-refractivity contribution in [3.05, 3.63) is 58.8 Å². The first kappa shape index (κ1) is 19.0. The molecule has 2 rings (SSSR count). The fourth-order valence-electron chi connectivity index (χ4n) is 1.91. The van der Waals surface area contributed by atoms with Gasteiger partial charge in [-0.05, 0) is 54.4 Å². The van der Waals surface area contributed by atoms with Crippen molar-refractivity contribution >= 4 is 34.9 Å². The third-order valence-corrected chi connectivity index (χ3v) is 4.09. The Morgan fingerprint density at radius 2 is 2.20 bits per heavy atom. The molecule has 0 aliphatic rings. The molecule has 2 N–H and O–H groups in total. The summed E-state index contributed by atoms with van der Waals surface area (Å²) in [6.07, 6.45) is 3.40. The summed E-state index contributed by atoms with van der Waals surface area (Å²) in [6.45, 7) is 7.23. The van der Waals surface area contributed by atoms with Gasteiger partial charge in [-0.3, -0.25) is 5.43 Å². The topological polar surface area (TPSA) is 54.9 Å². The number of ether oxygens (including phenoxy) is 2. The van der Waals surface area contributed by atoms with E-state index < -0.39 is 0 Å². The van der Waals surface area contributed by atoms with E-state index in [1.54, 1.807) is 23.6 Å². The molecule has 0 amide bonds. The molecule has 0 saturated carbocycles. The van der Waals surface area contributed by atoms with E-state index in [4.69, 9.17) is 21.7 Å². The minimum Gasteiger partial charge on any atom is -0.490 e. The third kappa shape index (κ3) is 6.56. The Balaban J connectivity index is 1.99. The molecule has 2 aromatic rings. The van der Waals surface area contributed by atoms with Crippen LogP contribution in [0.3, 0.4) is 0 Å². The van der Waals surface area contributed by atoms with Crippen molar-refractivity contribution in [3.63, 3.8) is 0 Å². The zero-order chi connectivity index (χ0) is 17.9. The van der Waals surface area contributed by atoms with Crippen LogP contribution in [0.2, 0.25) is 0 Å². The van der Waals surface area contributed by atoms with Gasteiger partial charge in [0.15, 0.2) is 16.6 Å². The van der Waals surface area contributed by atoms with Crippen LogP contribution in [0.4, 0.5) is 0 Å². The van der Waals surface area contributed by atoms with Crippen LogP contribution in [0.1, 0.15) is 17.4 Å². The quantitative estimate of drug-likeness (QED) is 0.303. The summed E-state index contributed by atoms with van der Waals surface area (Å²) >= 11 is 6.73. The monoisotopic (exact) mass is 375 g/mol. The molecular formula is C18H21N3O2S2. The fraction of sp³-hybridized carbons (Fsp3) is 0.222. The molecule has 0 bridgehead atoms. The molecule has 132 valence electrons. The summed E-state index contributed by atoms with van der Waals surface area (Å²) in [7, 11) is 0. The summed E-state index contributed by atoms with van der Waals surface area (Å²) in [5.74, 6) is 1.40. The normalized spacial score (nSPS) is 10.4. The Bertz CT molecular complexity index is 715. The van der Waals surface area contributed by atoms with Gasteiger partial charge in [-0.25, -0.2) is 0 Å². The lowest BCUT2D eigenvalue weighted by Crippen LogP contribution is -2.31. The predicted octanol–water partition coefficient (Wildman–Crippen LogP) is 3.71. The number of hydrazone groups is 1. The van der Waals surface area contributed by atoms with Gasteiger partial charge in [0.1, 0.15) is 6.61 Å². The van der Waals surface area contributed by atoms with Crippen molar-refractivity contribution in [2.24, 2.45) is 5.10 Å². The van der Waals surface area contributed by atoms with Crippen molar-refractivity contribution in [2.45, 2.75) is 13.5 Å². The summed E-state index contributed by atoms with van der Waals surface area (Å²) in [5.41, 5.74) is 3.63. The van der Waals surface area contributed by atoms with E-state index in [2.05, 4.69) is 22.4 Å². The molecule has 7 heteroatoms. The molecule has 1 aromatic carbocycles. The Hall–Kier alpha value is -2.38. The minimum absolute atomic E-state index is 0.442. The van der Waals surface area contributed by atoms with E-state index in [-0.39, 0.29) is 0 Å². The second-order valence-corrected chi connectivity index (χ2v) is 6.32. The van der Waals surface area contributed by atoms with Gasteiger partial charge >= 0.3 is 0 Å². The molecule has 0 aliphatic heterocycles. The van der Waals surface area contributed by atoms with Gasteiger partial charge in [-0.15, -0.1) is 17.9 Å². The smallest absolute Gasteiger partial charge is 0.187 e. The molecule has 0 aliphatic carbocycles. The fourth-order valence-corrected chi connectivity index (χ4v) is 2.66. The molecule has 0 saturated heterocycles. The summed E-state index contributed by atoms with van der Waals surface area (Å²) in [4.78, 5) is 1.16. The van der Waals surface area contributed by atoms with E-state index in [1.807, 2.05) is 42.6 Å². The van der Waals surface area contributed by atoms with Gasteiger partial charge in [-0.1, -0.05) is 12.1 Å². The van der Waals surface area contributed by atoms with E-state index in [0.29, 0.717) is 36.4 Å². The Morgan fingerprint density at radius 1 is 1.32 bits per heavy atom. The third-order valence-electron chi connectivity index (χ3n) is 3.00. The highest BCUT2D eigenvalue weighted by Gasteiger charge is 2.07. The second-order valence-electron chi connectivity index (χ2n) is 4.88. The molecule has 0 unspecified atom stereocenters. The van der Waals surface area contributed by atoms with Crippen LogP contribution in [-0.2, 0) is 6.61 Å². The molecular weight excluding hydrogens is 354 g/mol. The largest absolute Gasteiger partial charge is 0.490 e. The number of hydrogen-bond donors (Lipinski definition) is 2. The number of nitrogens with zero attached hydrogens (tertiary/aromatic N) is 1. The average Bonchev–Trinajstić information content (AvgIpc) is 3.13. The van der Waals surface area contributed by atoms with Gasteiger partial charge in [0.05, 0.1) is 12.8 Å². The van der Waals surface area contributed by atoms with Crippen LogP contribution in [0.25, 0.3) is 0 Å². The van der Waals surface area contributed by atoms with Gasteiger partial charge in [0.25, 0.3) is 0 Å². The maximum Gasteiger partial charge on any atom is 0.187 e. The highest BCUT2D eigenvalue weighted by atomic mass is 32.1. The first-order valence-electron chi connectivity index (χ1n) is 7.82. The molecule has 1 heterocycles. The summed E-state index contributed by atoms with van der Waals surface area (Å²) in [6, 6.07) is 9.74. The first-order chi connectivity index (χ1) is 12.2. The highest BCUT2D eigenvalue weighted by molar-refractivity contribution is 7.80. The maximum absolute atomic E-state index is 5.86. The van der Waals surface area contributed by atoms with Gasteiger partial charge < -0.3 is 14.8 Å². The molecule has 1 aromatic heterocycles. The van der Waals surface area contributed by atoms with E-state index in [0.717, 1.165) is 10.4 Å².